The van der Waals surface area contributed by atoms with Crippen LogP contribution < -0.4 is 5.32 Å². The molecule has 1 aliphatic carbocycles. The van der Waals surface area contributed by atoms with Crippen molar-refractivity contribution in [1.29, 1.82) is 0 Å². The van der Waals surface area contributed by atoms with Crippen LogP contribution in [0.25, 0.3) is 11.1 Å². The standard InChI is InChI=1S/C16H18N2O/c1-11-15(13-7-12(10-19)8-17-9-13)3-2-4-16(11)18-14-5-6-14/h2-4,7-9,14,18-19H,5-6,10H2,1H3. The molecule has 0 spiro atoms. The highest BCUT2D eigenvalue weighted by Gasteiger charge is 2.21. The first-order valence-electron chi connectivity index (χ1n) is 6.69. The van der Waals surface area contributed by atoms with E-state index >= 15 is 0 Å². The van der Waals surface area contributed by atoms with Crippen LogP contribution in [-0.4, -0.2) is 16.1 Å². The second-order valence-corrected chi connectivity index (χ2v) is 5.14. The predicted molar refractivity (Wildman–Crippen MR) is 77.0 cm³/mol. The van der Waals surface area contributed by atoms with Gasteiger partial charge in [0, 0.05) is 29.7 Å². The summed E-state index contributed by atoms with van der Waals surface area (Å²) in [5.74, 6) is 0. The van der Waals surface area contributed by atoms with E-state index in [1.165, 1.54) is 29.7 Å². The van der Waals surface area contributed by atoms with Crippen LogP contribution in [0, 0.1) is 6.92 Å². The number of pyridine rings is 1. The Bertz CT molecular complexity index is 591. The van der Waals surface area contributed by atoms with Gasteiger partial charge in [-0.15, -0.1) is 0 Å². The molecule has 3 rings (SSSR count). The zero-order valence-electron chi connectivity index (χ0n) is 11.1. The van der Waals surface area contributed by atoms with Crippen LogP contribution in [0.4, 0.5) is 5.69 Å². The number of nitrogens with zero attached hydrogens (tertiary/aromatic N) is 1. The van der Waals surface area contributed by atoms with Gasteiger partial charge in [0.05, 0.1) is 6.61 Å². The van der Waals surface area contributed by atoms with Crippen LogP contribution in [0.2, 0.25) is 0 Å². The first kappa shape index (κ1) is 12.2. The molecule has 0 unspecified atom stereocenters. The van der Waals surface area contributed by atoms with Gasteiger partial charge in [-0.1, -0.05) is 12.1 Å². The smallest absolute Gasteiger partial charge is 0.0697 e. The number of nitrogens with one attached hydrogen (secondary N) is 1. The molecule has 2 N–H and O–H groups in total. The molecule has 1 aliphatic rings. The maximum Gasteiger partial charge on any atom is 0.0697 e. The normalized spacial score (nSPS) is 14.4. The van der Waals surface area contributed by atoms with E-state index < -0.39 is 0 Å². The molecule has 1 saturated carbocycles. The van der Waals surface area contributed by atoms with Gasteiger partial charge < -0.3 is 10.4 Å². The molecule has 0 aliphatic heterocycles. The van der Waals surface area contributed by atoms with E-state index in [4.69, 9.17) is 0 Å². The van der Waals surface area contributed by atoms with E-state index in [1.807, 2.05) is 12.3 Å². The van der Waals surface area contributed by atoms with Crippen LogP contribution in [0.5, 0.6) is 0 Å². The number of rotatable bonds is 4. The Morgan fingerprint density at radius 3 is 2.89 bits per heavy atom. The first-order chi connectivity index (χ1) is 9.28. The molecule has 1 aromatic heterocycles. The molecule has 1 aromatic carbocycles. The third-order valence-electron chi connectivity index (χ3n) is 3.56. The Morgan fingerprint density at radius 1 is 1.32 bits per heavy atom. The average Bonchev–Trinajstić information content (AvgIpc) is 3.25. The van der Waals surface area contributed by atoms with E-state index in [0.717, 1.165) is 11.1 Å². The van der Waals surface area contributed by atoms with Gasteiger partial charge in [-0.25, -0.2) is 0 Å². The van der Waals surface area contributed by atoms with Gasteiger partial charge in [0.1, 0.15) is 0 Å². The van der Waals surface area contributed by atoms with Crippen molar-refractivity contribution in [3.8, 4) is 11.1 Å². The SMILES string of the molecule is Cc1c(NC2CC2)cccc1-c1cncc(CO)c1. The molecular weight excluding hydrogens is 236 g/mol. The number of aromatic nitrogens is 1. The second kappa shape index (κ2) is 5.02. The van der Waals surface area contributed by atoms with E-state index in [9.17, 15) is 5.11 Å². The van der Waals surface area contributed by atoms with Crippen molar-refractivity contribution >= 4 is 5.69 Å². The topological polar surface area (TPSA) is 45.2 Å². The number of anilines is 1. The minimum atomic E-state index is 0.0277. The zero-order valence-corrected chi connectivity index (χ0v) is 11.1. The van der Waals surface area contributed by atoms with Crippen LogP contribution in [0.3, 0.4) is 0 Å². The second-order valence-electron chi connectivity index (χ2n) is 5.14. The summed E-state index contributed by atoms with van der Waals surface area (Å²) >= 11 is 0. The predicted octanol–water partition coefficient (Wildman–Crippen LogP) is 3.12. The van der Waals surface area contributed by atoms with E-state index in [2.05, 4.69) is 35.4 Å². The van der Waals surface area contributed by atoms with Gasteiger partial charge in [-0.05, 0) is 48.6 Å². The highest BCUT2D eigenvalue weighted by molar-refractivity contribution is 5.73. The first-order valence-corrected chi connectivity index (χ1v) is 6.69. The highest BCUT2D eigenvalue weighted by atomic mass is 16.3. The Labute approximate surface area is 113 Å². The molecule has 19 heavy (non-hydrogen) atoms. The minimum absolute atomic E-state index is 0.0277. The molecule has 1 heterocycles. The summed E-state index contributed by atoms with van der Waals surface area (Å²) < 4.78 is 0. The molecule has 0 radical (unpaired) electrons. The molecule has 1 fully saturated rings. The molecule has 2 aromatic rings. The molecule has 98 valence electrons. The number of aliphatic hydroxyl groups is 1. The summed E-state index contributed by atoms with van der Waals surface area (Å²) in [5.41, 5.74) is 5.52. The summed E-state index contributed by atoms with van der Waals surface area (Å²) in [5, 5.41) is 12.8. The van der Waals surface area contributed by atoms with Crippen molar-refractivity contribution in [3.63, 3.8) is 0 Å². The van der Waals surface area contributed by atoms with E-state index in [-0.39, 0.29) is 6.61 Å². The number of hydrogen-bond acceptors (Lipinski definition) is 3. The van der Waals surface area contributed by atoms with E-state index in [0.29, 0.717) is 6.04 Å². The van der Waals surface area contributed by atoms with Crippen LogP contribution in [0.1, 0.15) is 24.0 Å². The molecule has 0 atom stereocenters. The molecule has 3 heteroatoms. The zero-order chi connectivity index (χ0) is 13.2. The Balaban J connectivity index is 1.98. The summed E-state index contributed by atoms with van der Waals surface area (Å²) in [4.78, 5) is 4.20. The van der Waals surface area contributed by atoms with Crippen LogP contribution in [0.15, 0.2) is 36.7 Å². The van der Waals surface area contributed by atoms with Crippen molar-refractivity contribution in [2.45, 2.75) is 32.4 Å². The monoisotopic (exact) mass is 254 g/mol. The number of aliphatic hydroxyl groups excluding tert-OH is 1. The molecule has 0 saturated heterocycles. The lowest BCUT2D eigenvalue weighted by atomic mass is 9.99. The maximum absolute atomic E-state index is 9.21. The quantitative estimate of drug-likeness (QED) is 0.881. The number of hydrogen-bond donors (Lipinski definition) is 2. The summed E-state index contributed by atoms with van der Waals surface area (Å²) in [6.07, 6.45) is 6.09. The minimum Gasteiger partial charge on any atom is -0.392 e. The lowest BCUT2D eigenvalue weighted by Gasteiger charge is -2.13. The van der Waals surface area contributed by atoms with Crippen molar-refractivity contribution in [3.05, 3.63) is 47.8 Å². The van der Waals surface area contributed by atoms with Gasteiger partial charge in [0.15, 0.2) is 0 Å². The highest BCUT2D eigenvalue weighted by Crippen LogP contribution is 2.32. The van der Waals surface area contributed by atoms with Crippen LogP contribution in [-0.2, 0) is 6.61 Å². The fourth-order valence-electron chi connectivity index (χ4n) is 2.27. The van der Waals surface area contributed by atoms with Gasteiger partial charge >= 0.3 is 0 Å². The molecule has 0 amide bonds. The van der Waals surface area contributed by atoms with Crippen molar-refractivity contribution in [2.75, 3.05) is 5.32 Å². The third kappa shape index (κ3) is 2.61. The fraction of sp³-hybridized carbons (Fsp3) is 0.312. The summed E-state index contributed by atoms with van der Waals surface area (Å²) in [6.45, 7) is 2.16. The average molecular weight is 254 g/mol. The largest absolute Gasteiger partial charge is 0.392 e. The van der Waals surface area contributed by atoms with Crippen molar-refractivity contribution in [1.82, 2.24) is 4.98 Å². The van der Waals surface area contributed by atoms with Crippen molar-refractivity contribution in [2.24, 2.45) is 0 Å². The van der Waals surface area contributed by atoms with Crippen molar-refractivity contribution < 1.29 is 5.11 Å². The lowest BCUT2D eigenvalue weighted by molar-refractivity contribution is 0.281. The molecule has 0 bridgehead atoms. The van der Waals surface area contributed by atoms with Crippen LogP contribution >= 0.6 is 0 Å². The summed E-state index contributed by atoms with van der Waals surface area (Å²) in [7, 11) is 0. The van der Waals surface area contributed by atoms with Gasteiger partial charge in [-0.3, -0.25) is 4.98 Å². The fourth-order valence-corrected chi connectivity index (χ4v) is 2.27. The number of benzene rings is 1. The van der Waals surface area contributed by atoms with Gasteiger partial charge in [0.25, 0.3) is 0 Å². The lowest BCUT2D eigenvalue weighted by Crippen LogP contribution is -2.03. The Morgan fingerprint density at radius 2 is 2.16 bits per heavy atom. The van der Waals surface area contributed by atoms with Gasteiger partial charge in [-0.2, -0.15) is 0 Å². The summed E-state index contributed by atoms with van der Waals surface area (Å²) in [6, 6.07) is 8.94. The third-order valence-corrected chi connectivity index (χ3v) is 3.56. The van der Waals surface area contributed by atoms with E-state index in [1.54, 1.807) is 6.20 Å². The Hall–Kier alpha value is -1.87. The Kier molecular flexibility index (Phi) is 3.22. The molecule has 3 nitrogen and oxygen atoms in total. The van der Waals surface area contributed by atoms with Gasteiger partial charge in [0.2, 0.25) is 0 Å². The molecular formula is C16H18N2O. The maximum atomic E-state index is 9.21.